The molecule has 1 amide bonds. The van der Waals surface area contributed by atoms with Crippen molar-refractivity contribution < 1.29 is 33.0 Å². The number of carbonyl (C=O) groups excluding carboxylic acids is 1. The third-order valence-electron chi connectivity index (χ3n) is 3.18. The smallest absolute Gasteiger partial charge is 0.337 e. The molecule has 0 unspecified atom stereocenters. The molecule has 0 saturated carbocycles. The van der Waals surface area contributed by atoms with Crippen molar-refractivity contribution in [3.05, 3.63) is 53.1 Å². The van der Waals surface area contributed by atoms with E-state index in [4.69, 9.17) is 9.47 Å². The first-order chi connectivity index (χ1) is 11.4. The van der Waals surface area contributed by atoms with Gasteiger partial charge in [0.1, 0.15) is 11.6 Å². The number of ether oxygens (including phenoxy) is 2. The molecule has 0 aliphatic heterocycles. The summed E-state index contributed by atoms with van der Waals surface area (Å²) in [5, 5.41) is 11.5. The van der Waals surface area contributed by atoms with Crippen LogP contribution in [-0.4, -0.2) is 31.2 Å². The molecule has 2 aromatic carbocycles. The average molecular weight is 337 g/mol. The molecule has 2 rings (SSSR count). The van der Waals surface area contributed by atoms with E-state index in [0.717, 1.165) is 18.2 Å². The molecule has 0 heterocycles. The van der Waals surface area contributed by atoms with Crippen LogP contribution in [0.4, 0.5) is 14.5 Å². The summed E-state index contributed by atoms with van der Waals surface area (Å²) in [5.74, 6) is -3.82. The molecule has 0 radical (unpaired) electrons. The molecule has 2 aromatic rings. The first-order valence-corrected chi connectivity index (χ1v) is 6.63. The second kappa shape index (κ2) is 6.95. The molecule has 0 aliphatic carbocycles. The summed E-state index contributed by atoms with van der Waals surface area (Å²) in [4.78, 5) is 23.5. The molecular formula is C16H13F2NO5. The Balaban J connectivity index is 2.44. The van der Waals surface area contributed by atoms with Crippen molar-refractivity contribution in [3.8, 4) is 11.5 Å². The first-order valence-electron chi connectivity index (χ1n) is 6.63. The highest BCUT2D eigenvalue weighted by Gasteiger charge is 2.20. The van der Waals surface area contributed by atoms with E-state index in [-0.39, 0.29) is 22.7 Å². The standard InChI is InChI=1S/C16H13F2NO5/c1-23-13-6-10(16(21)22)12(7-14(13)24-2)19-15(20)9-4-3-8(17)5-11(9)18/h3-7H,1-2H3,(H,19,20)(H,21,22). The largest absolute Gasteiger partial charge is 0.493 e. The van der Waals surface area contributed by atoms with Gasteiger partial charge in [-0.05, 0) is 12.1 Å². The van der Waals surface area contributed by atoms with Crippen LogP contribution in [0.5, 0.6) is 11.5 Å². The van der Waals surface area contributed by atoms with Crippen LogP contribution in [0.3, 0.4) is 0 Å². The molecular weight excluding hydrogens is 324 g/mol. The summed E-state index contributed by atoms with van der Waals surface area (Å²) in [5.41, 5.74) is -0.820. The maximum absolute atomic E-state index is 13.7. The number of aromatic carboxylic acids is 1. The number of anilines is 1. The van der Waals surface area contributed by atoms with Gasteiger partial charge in [0.05, 0.1) is 31.0 Å². The lowest BCUT2D eigenvalue weighted by Gasteiger charge is -2.14. The fraction of sp³-hybridized carbons (Fsp3) is 0.125. The van der Waals surface area contributed by atoms with Gasteiger partial charge >= 0.3 is 5.97 Å². The van der Waals surface area contributed by atoms with Crippen molar-refractivity contribution in [2.75, 3.05) is 19.5 Å². The summed E-state index contributed by atoms with van der Waals surface area (Å²) in [6, 6.07) is 4.84. The van der Waals surface area contributed by atoms with Gasteiger partial charge in [0.25, 0.3) is 5.91 Å². The SMILES string of the molecule is COc1cc(NC(=O)c2ccc(F)cc2F)c(C(=O)O)cc1OC. The Morgan fingerprint density at radius 1 is 1.00 bits per heavy atom. The normalized spacial score (nSPS) is 10.2. The van der Waals surface area contributed by atoms with Gasteiger partial charge < -0.3 is 19.9 Å². The van der Waals surface area contributed by atoms with Crippen LogP contribution in [0.1, 0.15) is 20.7 Å². The number of hydrogen-bond donors (Lipinski definition) is 2. The van der Waals surface area contributed by atoms with Gasteiger partial charge in [-0.2, -0.15) is 0 Å². The van der Waals surface area contributed by atoms with E-state index in [1.807, 2.05) is 0 Å². The lowest BCUT2D eigenvalue weighted by atomic mass is 10.1. The van der Waals surface area contributed by atoms with Crippen molar-refractivity contribution in [2.24, 2.45) is 0 Å². The van der Waals surface area contributed by atoms with Gasteiger partial charge in [-0.1, -0.05) is 0 Å². The van der Waals surface area contributed by atoms with Gasteiger partial charge in [0, 0.05) is 18.2 Å². The Bertz CT molecular complexity index is 807. The van der Waals surface area contributed by atoms with Gasteiger partial charge in [0.2, 0.25) is 0 Å². The van der Waals surface area contributed by atoms with Crippen molar-refractivity contribution in [2.45, 2.75) is 0 Å². The summed E-state index contributed by atoms with van der Waals surface area (Å²) < 4.78 is 36.6. The fourth-order valence-corrected chi connectivity index (χ4v) is 2.02. The predicted octanol–water partition coefficient (Wildman–Crippen LogP) is 2.93. The zero-order valence-corrected chi connectivity index (χ0v) is 12.7. The number of nitrogens with one attached hydrogen (secondary N) is 1. The van der Waals surface area contributed by atoms with Crippen molar-refractivity contribution in [1.29, 1.82) is 0 Å². The molecule has 8 heteroatoms. The van der Waals surface area contributed by atoms with E-state index in [2.05, 4.69) is 5.32 Å². The number of carboxylic acids is 1. The fourth-order valence-electron chi connectivity index (χ4n) is 2.02. The number of hydrogen-bond acceptors (Lipinski definition) is 4. The van der Waals surface area contributed by atoms with Gasteiger partial charge in [0.15, 0.2) is 11.5 Å². The lowest BCUT2D eigenvalue weighted by molar-refractivity contribution is 0.0697. The molecule has 24 heavy (non-hydrogen) atoms. The number of carbonyl (C=O) groups is 2. The van der Waals surface area contributed by atoms with Crippen LogP contribution in [-0.2, 0) is 0 Å². The number of amides is 1. The van der Waals surface area contributed by atoms with Gasteiger partial charge in [-0.15, -0.1) is 0 Å². The number of halogens is 2. The maximum Gasteiger partial charge on any atom is 0.337 e. The minimum absolute atomic E-state index is 0.117. The lowest BCUT2D eigenvalue weighted by Crippen LogP contribution is -2.16. The molecule has 0 spiro atoms. The molecule has 2 N–H and O–H groups in total. The van der Waals surface area contributed by atoms with E-state index in [0.29, 0.717) is 6.07 Å². The topological polar surface area (TPSA) is 84.9 Å². The highest BCUT2D eigenvalue weighted by Crippen LogP contribution is 2.33. The van der Waals surface area contributed by atoms with Crippen LogP contribution in [0.15, 0.2) is 30.3 Å². The van der Waals surface area contributed by atoms with Crippen molar-refractivity contribution >= 4 is 17.6 Å². The van der Waals surface area contributed by atoms with Gasteiger partial charge in [-0.25, -0.2) is 13.6 Å². The number of rotatable bonds is 5. The average Bonchev–Trinajstić information content (AvgIpc) is 2.53. The molecule has 0 bridgehead atoms. The van der Waals surface area contributed by atoms with Crippen LogP contribution in [0, 0.1) is 11.6 Å². The number of methoxy groups -OCH3 is 2. The Kier molecular flexibility index (Phi) is 4.98. The van der Waals surface area contributed by atoms with E-state index in [1.165, 1.54) is 20.3 Å². The van der Waals surface area contributed by atoms with E-state index < -0.39 is 29.1 Å². The summed E-state index contributed by atoms with van der Waals surface area (Å²) in [6.07, 6.45) is 0. The van der Waals surface area contributed by atoms with Crippen molar-refractivity contribution in [3.63, 3.8) is 0 Å². The summed E-state index contributed by atoms with van der Waals surface area (Å²) in [7, 11) is 2.67. The Hall–Kier alpha value is -3.16. The second-order valence-corrected chi connectivity index (χ2v) is 4.64. The zero-order valence-electron chi connectivity index (χ0n) is 12.7. The Morgan fingerprint density at radius 3 is 2.17 bits per heavy atom. The monoisotopic (exact) mass is 337 g/mol. The third kappa shape index (κ3) is 3.43. The van der Waals surface area contributed by atoms with E-state index >= 15 is 0 Å². The quantitative estimate of drug-likeness (QED) is 0.876. The van der Waals surface area contributed by atoms with Crippen LogP contribution < -0.4 is 14.8 Å². The summed E-state index contributed by atoms with van der Waals surface area (Å²) in [6.45, 7) is 0. The van der Waals surface area contributed by atoms with E-state index in [9.17, 15) is 23.5 Å². The van der Waals surface area contributed by atoms with Crippen LogP contribution in [0.25, 0.3) is 0 Å². The molecule has 0 aliphatic rings. The number of carboxylic acid groups (broad SMARTS) is 1. The minimum atomic E-state index is -1.33. The predicted molar refractivity (Wildman–Crippen MR) is 80.8 cm³/mol. The highest BCUT2D eigenvalue weighted by molar-refractivity contribution is 6.08. The molecule has 0 saturated heterocycles. The second-order valence-electron chi connectivity index (χ2n) is 4.64. The molecule has 0 fully saturated rings. The third-order valence-corrected chi connectivity index (χ3v) is 3.18. The zero-order chi connectivity index (χ0) is 17.9. The minimum Gasteiger partial charge on any atom is -0.493 e. The molecule has 6 nitrogen and oxygen atoms in total. The highest BCUT2D eigenvalue weighted by atomic mass is 19.1. The molecule has 0 aromatic heterocycles. The maximum atomic E-state index is 13.7. The Labute approximate surface area is 135 Å². The first kappa shape index (κ1) is 17.2. The van der Waals surface area contributed by atoms with E-state index in [1.54, 1.807) is 0 Å². The van der Waals surface area contributed by atoms with Crippen LogP contribution >= 0.6 is 0 Å². The van der Waals surface area contributed by atoms with Gasteiger partial charge in [-0.3, -0.25) is 4.79 Å². The number of benzene rings is 2. The van der Waals surface area contributed by atoms with Crippen molar-refractivity contribution in [1.82, 2.24) is 0 Å². The molecule has 126 valence electrons. The summed E-state index contributed by atoms with van der Waals surface area (Å²) >= 11 is 0. The Morgan fingerprint density at radius 2 is 1.62 bits per heavy atom. The van der Waals surface area contributed by atoms with Crippen LogP contribution in [0.2, 0.25) is 0 Å². The molecule has 0 atom stereocenters.